The molecule has 0 saturated carbocycles. The van der Waals surface area contributed by atoms with Crippen molar-refractivity contribution in [2.24, 2.45) is 5.73 Å². The maximum absolute atomic E-state index is 13.8. The largest absolute Gasteiger partial charge is 0.573 e. The molecule has 1 aromatic heterocycles. The molecule has 1 heterocycles. The van der Waals surface area contributed by atoms with Crippen molar-refractivity contribution in [3.8, 4) is 17.1 Å². The summed E-state index contributed by atoms with van der Waals surface area (Å²) in [5.41, 5.74) is 6.62. The molecule has 5 nitrogen and oxygen atoms in total. The first kappa shape index (κ1) is 20.7. The number of ether oxygens (including phenoxy) is 1. The molecule has 0 unspecified atom stereocenters. The Hall–Kier alpha value is -3.01. The Morgan fingerprint density at radius 2 is 1.79 bits per heavy atom. The Bertz CT molecular complexity index is 973. The Labute approximate surface area is 162 Å². The van der Waals surface area contributed by atoms with E-state index in [0.29, 0.717) is 5.56 Å². The third kappa shape index (κ3) is 5.29. The van der Waals surface area contributed by atoms with Gasteiger partial charge in [0.15, 0.2) is 0 Å². The lowest BCUT2D eigenvalue weighted by Crippen LogP contribution is -2.29. The molecule has 3 aromatic rings. The molecule has 0 bridgehead atoms. The first-order valence-corrected chi connectivity index (χ1v) is 8.51. The molecule has 2 aromatic carbocycles. The van der Waals surface area contributed by atoms with Crippen molar-refractivity contribution in [3.05, 3.63) is 65.6 Å². The summed E-state index contributed by atoms with van der Waals surface area (Å²) >= 11 is 0. The second-order valence-electron chi connectivity index (χ2n) is 6.42. The maximum Gasteiger partial charge on any atom is 0.573 e. The number of hydrogen-bond donors (Lipinski definition) is 1. The molecule has 0 aliphatic rings. The van der Waals surface area contributed by atoms with Crippen LogP contribution < -0.4 is 10.5 Å². The van der Waals surface area contributed by atoms with Crippen molar-refractivity contribution in [2.45, 2.75) is 31.7 Å². The molecule has 0 saturated heterocycles. The predicted octanol–water partition coefficient (Wildman–Crippen LogP) is 4.59. The topological polar surface area (TPSA) is 74.2 Å². The summed E-state index contributed by atoms with van der Waals surface area (Å²) in [6.07, 6.45) is -4.74. The van der Waals surface area contributed by atoms with Crippen molar-refractivity contribution >= 4 is 0 Å². The van der Waals surface area contributed by atoms with Gasteiger partial charge in [-0.3, -0.25) is 0 Å². The minimum absolute atomic E-state index is 0.0476. The lowest BCUT2D eigenvalue weighted by Gasteiger charge is -2.16. The van der Waals surface area contributed by atoms with Crippen LogP contribution in [0.5, 0.6) is 5.75 Å². The highest BCUT2D eigenvalue weighted by atomic mass is 19.4. The monoisotopic (exact) mass is 413 g/mol. The summed E-state index contributed by atoms with van der Waals surface area (Å²) in [4.78, 5) is 4.20. The average Bonchev–Trinajstić information content (AvgIpc) is 3.13. The first-order chi connectivity index (χ1) is 13.6. The average molecular weight is 413 g/mol. The van der Waals surface area contributed by atoms with Gasteiger partial charge in [-0.1, -0.05) is 12.1 Å². The SMILES string of the molecule is C[C@@H](c1nc(-c2ccc(OC(F)(F)F)cc2)no1)[C@H](N)Cc1cc(F)ccc1F. The molecule has 3 rings (SSSR count). The number of halogens is 5. The number of nitrogens with two attached hydrogens (primary N) is 1. The van der Waals surface area contributed by atoms with Crippen molar-refractivity contribution < 1.29 is 31.2 Å². The summed E-state index contributed by atoms with van der Waals surface area (Å²) in [5.74, 6) is -1.68. The zero-order valence-electron chi connectivity index (χ0n) is 15.1. The van der Waals surface area contributed by atoms with Crippen molar-refractivity contribution in [2.75, 3.05) is 0 Å². The van der Waals surface area contributed by atoms with Gasteiger partial charge in [0.25, 0.3) is 0 Å². The molecule has 2 atom stereocenters. The van der Waals surface area contributed by atoms with E-state index < -0.39 is 30.0 Å². The fraction of sp³-hybridized carbons (Fsp3) is 0.263. The van der Waals surface area contributed by atoms with E-state index in [0.717, 1.165) is 30.3 Å². The maximum atomic E-state index is 13.8. The number of hydrogen-bond acceptors (Lipinski definition) is 5. The molecule has 29 heavy (non-hydrogen) atoms. The fourth-order valence-corrected chi connectivity index (χ4v) is 2.66. The number of aromatic nitrogens is 2. The standard InChI is InChI=1S/C19H16F5N3O2/c1-10(16(25)9-12-8-13(20)4-7-15(12)21)18-26-17(27-29-18)11-2-5-14(6-3-11)28-19(22,23)24/h2-8,10,16H,9,25H2,1H3/t10-,16-/m1/s1. The van der Waals surface area contributed by atoms with Crippen LogP contribution in [0.15, 0.2) is 47.0 Å². The van der Waals surface area contributed by atoms with Crippen molar-refractivity contribution in [1.82, 2.24) is 10.1 Å². The van der Waals surface area contributed by atoms with Crippen LogP contribution in [0.3, 0.4) is 0 Å². The van der Waals surface area contributed by atoms with Gasteiger partial charge in [-0.25, -0.2) is 8.78 Å². The smallest absolute Gasteiger partial charge is 0.406 e. The van der Waals surface area contributed by atoms with Crippen LogP contribution >= 0.6 is 0 Å². The van der Waals surface area contributed by atoms with E-state index in [-0.39, 0.29) is 29.4 Å². The highest BCUT2D eigenvalue weighted by molar-refractivity contribution is 5.55. The lowest BCUT2D eigenvalue weighted by atomic mass is 9.95. The third-order valence-corrected chi connectivity index (χ3v) is 4.28. The Balaban J connectivity index is 1.71. The van der Waals surface area contributed by atoms with Crippen LogP contribution in [-0.4, -0.2) is 22.5 Å². The zero-order chi connectivity index (χ0) is 21.2. The van der Waals surface area contributed by atoms with E-state index >= 15 is 0 Å². The molecule has 0 amide bonds. The van der Waals surface area contributed by atoms with Gasteiger partial charge in [-0.2, -0.15) is 4.98 Å². The predicted molar refractivity (Wildman–Crippen MR) is 92.9 cm³/mol. The van der Waals surface area contributed by atoms with Crippen LogP contribution in [0.2, 0.25) is 0 Å². The van der Waals surface area contributed by atoms with Crippen LogP contribution in [0.1, 0.15) is 24.3 Å². The van der Waals surface area contributed by atoms with Gasteiger partial charge in [0.05, 0.1) is 5.92 Å². The highest BCUT2D eigenvalue weighted by Gasteiger charge is 2.31. The zero-order valence-corrected chi connectivity index (χ0v) is 15.1. The molecule has 2 N–H and O–H groups in total. The van der Waals surface area contributed by atoms with Gasteiger partial charge in [-0.15, -0.1) is 13.2 Å². The molecule has 10 heteroatoms. The minimum Gasteiger partial charge on any atom is -0.406 e. The summed E-state index contributed by atoms with van der Waals surface area (Å²) in [7, 11) is 0. The third-order valence-electron chi connectivity index (χ3n) is 4.28. The second-order valence-corrected chi connectivity index (χ2v) is 6.42. The van der Waals surface area contributed by atoms with Crippen LogP contribution in [0, 0.1) is 11.6 Å². The second kappa shape index (κ2) is 8.16. The van der Waals surface area contributed by atoms with Gasteiger partial charge >= 0.3 is 6.36 Å². The molecular formula is C19H16F5N3O2. The van der Waals surface area contributed by atoms with Gasteiger partial charge < -0.3 is 15.0 Å². The van der Waals surface area contributed by atoms with Crippen molar-refractivity contribution in [1.29, 1.82) is 0 Å². The number of benzene rings is 2. The molecule has 0 radical (unpaired) electrons. The Morgan fingerprint density at radius 1 is 1.10 bits per heavy atom. The fourth-order valence-electron chi connectivity index (χ4n) is 2.66. The quantitative estimate of drug-likeness (QED) is 0.599. The van der Waals surface area contributed by atoms with E-state index in [9.17, 15) is 22.0 Å². The van der Waals surface area contributed by atoms with Gasteiger partial charge in [0, 0.05) is 11.6 Å². The van der Waals surface area contributed by atoms with E-state index in [1.54, 1.807) is 6.92 Å². The van der Waals surface area contributed by atoms with E-state index in [1.165, 1.54) is 12.1 Å². The lowest BCUT2D eigenvalue weighted by molar-refractivity contribution is -0.274. The summed E-state index contributed by atoms with van der Waals surface area (Å²) in [6, 6.07) is 7.43. The summed E-state index contributed by atoms with van der Waals surface area (Å²) < 4.78 is 72.8. The number of alkyl halides is 3. The van der Waals surface area contributed by atoms with Crippen molar-refractivity contribution in [3.63, 3.8) is 0 Å². The first-order valence-electron chi connectivity index (χ1n) is 8.51. The number of nitrogens with zero attached hydrogens (tertiary/aromatic N) is 2. The molecule has 0 aliphatic heterocycles. The van der Waals surface area contributed by atoms with E-state index in [2.05, 4.69) is 14.9 Å². The van der Waals surface area contributed by atoms with Gasteiger partial charge in [0.2, 0.25) is 11.7 Å². The molecule has 0 fully saturated rings. The van der Waals surface area contributed by atoms with Gasteiger partial charge in [-0.05, 0) is 54.4 Å². The van der Waals surface area contributed by atoms with Gasteiger partial charge in [0.1, 0.15) is 17.4 Å². The number of rotatable bonds is 6. The molecular weight excluding hydrogens is 397 g/mol. The Morgan fingerprint density at radius 3 is 2.45 bits per heavy atom. The molecule has 0 aliphatic carbocycles. The highest BCUT2D eigenvalue weighted by Crippen LogP contribution is 2.27. The summed E-state index contributed by atoms with van der Waals surface area (Å²) in [5, 5.41) is 3.79. The minimum atomic E-state index is -4.78. The molecule has 154 valence electrons. The van der Waals surface area contributed by atoms with E-state index in [1.807, 2.05) is 0 Å². The van der Waals surface area contributed by atoms with Crippen LogP contribution in [0.25, 0.3) is 11.4 Å². The Kier molecular flexibility index (Phi) is 5.83. The van der Waals surface area contributed by atoms with Crippen LogP contribution in [0.4, 0.5) is 22.0 Å². The summed E-state index contributed by atoms with van der Waals surface area (Å²) in [6.45, 7) is 1.69. The molecule has 0 spiro atoms. The normalized spacial score (nSPS) is 13.9. The van der Waals surface area contributed by atoms with Crippen LogP contribution in [-0.2, 0) is 6.42 Å². The van der Waals surface area contributed by atoms with E-state index in [4.69, 9.17) is 10.3 Å².